The molecule has 0 aliphatic rings. The van der Waals surface area contributed by atoms with Gasteiger partial charge in [-0.2, -0.15) is 5.10 Å². The summed E-state index contributed by atoms with van der Waals surface area (Å²) < 4.78 is 10.7. The quantitative estimate of drug-likeness (QED) is 0.506. The number of methoxy groups -OCH3 is 1. The summed E-state index contributed by atoms with van der Waals surface area (Å²) in [6, 6.07) is 5.43. The summed E-state index contributed by atoms with van der Waals surface area (Å²) in [6.45, 7) is 2.13. The van der Waals surface area contributed by atoms with Crippen molar-refractivity contribution in [3.63, 3.8) is 0 Å². The molecule has 0 atom stereocenters. The van der Waals surface area contributed by atoms with Crippen molar-refractivity contribution in [3.05, 3.63) is 34.8 Å². The molecular weight excluding hydrogens is 286 g/mol. The predicted octanol–water partition coefficient (Wildman–Crippen LogP) is 2.92. The second kappa shape index (κ2) is 7.31. The van der Waals surface area contributed by atoms with E-state index in [1.165, 1.54) is 11.3 Å². The summed E-state index contributed by atoms with van der Waals surface area (Å²) in [5.41, 5.74) is 4.60. The lowest BCUT2D eigenvalue weighted by atomic mass is 10.2. The molecule has 21 heavy (non-hydrogen) atoms. The first-order valence-electron chi connectivity index (χ1n) is 6.18. The van der Waals surface area contributed by atoms with Gasteiger partial charge in [-0.3, -0.25) is 5.43 Å². The predicted molar refractivity (Wildman–Crippen MR) is 85.4 cm³/mol. The Morgan fingerprint density at radius 1 is 1.52 bits per heavy atom. The fraction of sp³-hybridized carbons (Fsp3) is 0.200. The maximum Gasteiger partial charge on any atom is 0.203 e. The molecule has 0 saturated carbocycles. The molecule has 1 N–H and O–H groups in total. The van der Waals surface area contributed by atoms with Gasteiger partial charge in [0.05, 0.1) is 19.0 Å². The molecule has 0 radical (unpaired) electrons. The lowest BCUT2D eigenvalue weighted by molar-refractivity contribution is 0.367. The van der Waals surface area contributed by atoms with Crippen molar-refractivity contribution in [2.45, 2.75) is 6.92 Å². The van der Waals surface area contributed by atoms with E-state index in [1.54, 1.807) is 25.5 Å². The van der Waals surface area contributed by atoms with Crippen molar-refractivity contribution in [1.82, 2.24) is 4.98 Å². The minimum Gasteiger partial charge on any atom is -0.497 e. The maximum absolute atomic E-state index is 5.47. The average molecular weight is 301 g/mol. The third-order valence-electron chi connectivity index (χ3n) is 2.51. The van der Waals surface area contributed by atoms with Gasteiger partial charge in [0.2, 0.25) is 5.13 Å². The van der Waals surface area contributed by atoms with Gasteiger partial charge < -0.3 is 9.47 Å². The first-order valence-corrected chi connectivity index (χ1v) is 7.06. The van der Waals surface area contributed by atoms with Crippen LogP contribution in [0.4, 0.5) is 5.13 Å². The monoisotopic (exact) mass is 301 g/mol. The number of aryl methyl sites for hydroxylation is 1. The molecular formula is C15H15N3O2S. The Morgan fingerprint density at radius 3 is 3.05 bits per heavy atom. The molecule has 0 unspecified atom stereocenters. The minimum atomic E-state index is 0.201. The van der Waals surface area contributed by atoms with E-state index in [4.69, 9.17) is 15.9 Å². The van der Waals surface area contributed by atoms with Crippen LogP contribution in [0.5, 0.6) is 11.5 Å². The number of hydrogen-bond acceptors (Lipinski definition) is 6. The van der Waals surface area contributed by atoms with Crippen molar-refractivity contribution in [2.24, 2.45) is 5.10 Å². The van der Waals surface area contributed by atoms with E-state index < -0.39 is 0 Å². The van der Waals surface area contributed by atoms with Crippen LogP contribution in [0.15, 0.2) is 28.7 Å². The molecule has 1 aromatic heterocycles. The molecule has 0 amide bonds. The normalized spacial score (nSPS) is 10.3. The van der Waals surface area contributed by atoms with E-state index in [2.05, 4.69) is 21.4 Å². The number of thiazole rings is 1. The van der Waals surface area contributed by atoms with Crippen molar-refractivity contribution < 1.29 is 9.47 Å². The molecule has 5 nitrogen and oxygen atoms in total. The molecule has 2 rings (SSSR count). The van der Waals surface area contributed by atoms with E-state index in [1.807, 2.05) is 18.4 Å². The van der Waals surface area contributed by atoms with Gasteiger partial charge in [-0.15, -0.1) is 17.8 Å². The molecule has 0 aliphatic heterocycles. The number of ether oxygens (including phenoxy) is 2. The Bertz CT molecular complexity index is 674. The smallest absolute Gasteiger partial charge is 0.203 e. The van der Waals surface area contributed by atoms with E-state index in [0.29, 0.717) is 5.75 Å². The number of terminal acetylenes is 1. The molecule has 0 spiro atoms. The molecule has 0 aliphatic carbocycles. The summed E-state index contributed by atoms with van der Waals surface area (Å²) in [5.74, 6) is 3.80. The number of anilines is 1. The highest BCUT2D eigenvalue weighted by atomic mass is 32.1. The molecule has 1 aromatic carbocycles. The molecule has 6 heteroatoms. The first kappa shape index (κ1) is 14.9. The van der Waals surface area contributed by atoms with E-state index in [-0.39, 0.29) is 6.61 Å². The topological polar surface area (TPSA) is 55.7 Å². The number of hydrogen-bond donors (Lipinski definition) is 1. The van der Waals surface area contributed by atoms with Gasteiger partial charge in [0.1, 0.15) is 18.1 Å². The summed E-state index contributed by atoms with van der Waals surface area (Å²) in [7, 11) is 1.61. The lowest BCUT2D eigenvalue weighted by Gasteiger charge is -2.08. The highest BCUT2D eigenvalue weighted by molar-refractivity contribution is 7.13. The molecule has 0 fully saturated rings. The minimum absolute atomic E-state index is 0.201. The number of nitrogens with zero attached hydrogens (tertiary/aromatic N) is 2. The maximum atomic E-state index is 5.47. The Labute approximate surface area is 127 Å². The summed E-state index contributed by atoms with van der Waals surface area (Å²) in [6.07, 6.45) is 6.85. The molecule has 1 heterocycles. The number of benzene rings is 1. The average Bonchev–Trinajstić information content (AvgIpc) is 2.91. The van der Waals surface area contributed by atoms with Crippen LogP contribution in [0.1, 0.15) is 11.3 Å². The van der Waals surface area contributed by atoms with Crippen LogP contribution in [0, 0.1) is 19.3 Å². The van der Waals surface area contributed by atoms with Crippen LogP contribution in [0.2, 0.25) is 0 Å². The van der Waals surface area contributed by atoms with Gasteiger partial charge in [-0.25, -0.2) is 4.98 Å². The van der Waals surface area contributed by atoms with Crippen molar-refractivity contribution >= 4 is 22.7 Å². The van der Waals surface area contributed by atoms with Crippen LogP contribution in [-0.2, 0) is 0 Å². The highest BCUT2D eigenvalue weighted by Gasteiger charge is 2.04. The summed E-state index contributed by atoms with van der Waals surface area (Å²) >= 11 is 1.49. The largest absolute Gasteiger partial charge is 0.497 e. The lowest BCUT2D eigenvalue weighted by Crippen LogP contribution is -1.99. The van der Waals surface area contributed by atoms with Crippen LogP contribution in [-0.4, -0.2) is 24.9 Å². The molecule has 0 saturated heterocycles. The molecule has 2 aromatic rings. The van der Waals surface area contributed by atoms with E-state index >= 15 is 0 Å². The SMILES string of the molecule is C#CCOc1ccc(OC)cc1C=NNc1nc(C)cs1. The first-order chi connectivity index (χ1) is 10.2. The number of rotatable bonds is 6. The highest BCUT2D eigenvalue weighted by Crippen LogP contribution is 2.23. The van der Waals surface area contributed by atoms with Gasteiger partial charge in [0.25, 0.3) is 0 Å². The molecule has 108 valence electrons. The van der Waals surface area contributed by atoms with Crippen LogP contribution < -0.4 is 14.9 Å². The van der Waals surface area contributed by atoms with E-state index in [9.17, 15) is 0 Å². The Hall–Kier alpha value is -2.52. The van der Waals surface area contributed by atoms with Crippen LogP contribution in [0.3, 0.4) is 0 Å². The van der Waals surface area contributed by atoms with Crippen LogP contribution >= 0.6 is 11.3 Å². The van der Waals surface area contributed by atoms with Gasteiger partial charge in [0.15, 0.2) is 0 Å². The number of nitrogens with one attached hydrogen (secondary N) is 1. The third-order valence-corrected chi connectivity index (χ3v) is 3.38. The van der Waals surface area contributed by atoms with Crippen molar-refractivity contribution in [2.75, 3.05) is 19.1 Å². The zero-order chi connectivity index (χ0) is 15.1. The zero-order valence-corrected chi connectivity index (χ0v) is 12.6. The standard InChI is InChI=1S/C15H15N3O2S/c1-4-7-20-14-6-5-13(19-3)8-12(14)9-16-18-15-17-11(2)10-21-15/h1,5-6,8-10H,7H2,2-3H3,(H,17,18). The summed E-state index contributed by atoms with van der Waals surface area (Å²) in [5, 5.41) is 6.84. The third kappa shape index (κ3) is 4.23. The van der Waals surface area contributed by atoms with Crippen molar-refractivity contribution in [3.8, 4) is 23.8 Å². The number of aromatic nitrogens is 1. The van der Waals surface area contributed by atoms with Crippen molar-refractivity contribution in [1.29, 1.82) is 0 Å². The fourth-order valence-corrected chi connectivity index (χ4v) is 2.20. The Kier molecular flexibility index (Phi) is 5.18. The Morgan fingerprint density at radius 2 is 2.38 bits per heavy atom. The zero-order valence-electron chi connectivity index (χ0n) is 11.8. The van der Waals surface area contributed by atoms with Gasteiger partial charge in [-0.1, -0.05) is 5.92 Å². The number of hydrazone groups is 1. The second-order valence-electron chi connectivity index (χ2n) is 4.06. The van der Waals surface area contributed by atoms with Gasteiger partial charge >= 0.3 is 0 Å². The van der Waals surface area contributed by atoms with Gasteiger partial charge in [-0.05, 0) is 25.1 Å². The van der Waals surface area contributed by atoms with Crippen LogP contribution in [0.25, 0.3) is 0 Å². The van der Waals surface area contributed by atoms with E-state index in [0.717, 1.165) is 22.1 Å². The second-order valence-corrected chi connectivity index (χ2v) is 4.92. The molecule has 0 bridgehead atoms. The Balaban J connectivity index is 2.14. The summed E-state index contributed by atoms with van der Waals surface area (Å²) in [4.78, 5) is 4.26. The fourth-order valence-electron chi connectivity index (χ4n) is 1.57. The van der Waals surface area contributed by atoms with Gasteiger partial charge in [0, 0.05) is 10.9 Å².